The molecular formula is C27H33ClIN7O2. The van der Waals surface area contributed by atoms with E-state index in [2.05, 4.69) is 83.3 Å². The molecule has 11 heteroatoms. The van der Waals surface area contributed by atoms with Crippen LogP contribution in [-0.2, 0) is 17.8 Å². The molecule has 2 heterocycles. The summed E-state index contributed by atoms with van der Waals surface area (Å²) >= 11 is 8.51. The van der Waals surface area contributed by atoms with Gasteiger partial charge in [-0.25, -0.2) is 9.97 Å². The first-order chi connectivity index (χ1) is 18.5. The molecule has 4 rings (SSSR count). The molecule has 1 saturated heterocycles. The lowest BCUT2D eigenvalue weighted by Gasteiger charge is -2.34. The average Bonchev–Trinajstić information content (AvgIpc) is 2.93. The summed E-state index contributed by atoms with van der Waals surface area (Å²) in [4.78, 5) is 25.8. The van der Waals surface area contributed by atoms with Crippen LogP contribution in [0.3, 0.4) is 0 Å². The largest absolute Gasteiger partial charge is 0.382 e. The SMILES string of the molecule is Nc1nc(NCc2ccc(I)cc2)c(Cl)nc1C(=O)NCCOCCN1CCN(Cc2ccccc2)CC1. The van der Waals surface area contributed by atoms with Gasteiger partial charge in [-0.05, 0) is 45.9 Å². The van der Waals surface area contributed by atoms with Gasteiger partial charge in [0.1, 0.15) is 0 Å². The van der Waals surface area contributed by atoms with Crippen molar-refractivity contribution in [3.63, 3.8) is 0 Å². The Morgan fingerprint density at radius 1 is 0.974 bits per heavy atom. The van der Waals surface area contributed by atoms with E-state index in [-0.39, 0.29) is 16.7 Å². The van der Waals surface area contributed by atoms with E-state index in [1.165, 1.54) is 5.56 Å². The number of nitrogens with one attached hydrogen (secondary N) is 2. The first-order valence-corrected chi connectivity index (χ1v) is 14.1. The molecule has 4 N–H and O–H groups in total. The summed E-state index contributed by atoms with van der Waals surface area (Å²) in [5.41, 5.74) is 8.41. The highest BCUT2D eigenvalue weighted by Gasteiger charge is 2.18. The predicted octanol–water partition coefficient (Wildman–Crippen LogP) is 3.49. The molecule has 1 aliphatic rings. The molecule has 0 radical (unpaired) electrons. The first-order valence-electron chi connectivity index (χ1n) is 12.6. The standard InChI is InChI=1S/C27H33ClIN7O2/c28-24-26(32-18-20-6-8-22(29)9-7-20)34-25(30)23(33-24)27(37)31-10-16-38-17-15-35-11-13-36(14-12-35)19-21-4-2-1-3-5-21/h1-9H,10-19H2,(H,31,37)(H3,30,32,34). The van der Waals surface area contributed by atoms with Crippen LogP contribution in [0.5, 0.6) is 0 Å². The fourth-order valence-corrected chi connectivity index (χ4v) is 4.68. The number of ether oxygens (including phenoxy) is 1. The Labute approximate surface area is 242 Å². The van der Waals surface area contributed by atoms with Crippen LogP contribution >= 0.6 is 34.2 Å². The lowest BCUT2D eigenvalue weighted by Crippen LogP contribution is -2.46. The summed E-state index contributed by atoms with van der Waals surface area (Å²) in [7, 11) is 0. The van der Waals surface area contributed by atoms with Crippen LogP contribution in [0.4, 0.5) is 11.6 Å². The van der Waals surface area contributed by atoms with Crippen molar-refractivity contribution in [2.75, 3.05) is 63.5 Å². The Kier molecular flexibility index (Phi) is 10.9. The molecule has 2 aromatic carbocycles. The van der Waals surface area contributed by atoms with E-state index >= 15 is 0 Å². The van der Waals surface area contributed by atoms with Crippen LogP contribution in [0.15, 0.2) is 54.6 Å². The third-order valence-electron chi connectivity index (χ3n) is 6.27. The second-order valence-electron chi connectivity index (χ2n) is 9.05. The van der Waals surface area contributed by atoms with Gasteiger partial charge in [-0.2, -0.15) is 0 Å². The minimum absolute atomic E-state index is 0.00295. The van der Waals surface area contributed by atoms with Crippen LogP contribution < -0.4 is 16.4 Å². The Morgan fingerprint density at radius 3 is 2.42 bits per heavy atom. The van der Waals surface area contributed by atoms with Gasteiger partial charge in [0.25, 0.3) is 5.91 Å². The maximum Gasteiger partial charge on any atom is 0.273 e. The van der Waals surface area contributed by atoms with Gasteiger partial charge in [0.2, 0.25) is 0 Å². The van der Waals surface area contributed by atoms with Crippen LogP contribution in [-0.4, -0.2) is 78.2 Å². The monoisotopic (exact) mass is 649 g/mol. The van der Waals surface area contributed by atoms with E-state index in [4.69, 9.17) is 22.1 Å². The number of carbonyl (C=O) groups excluding carboxylic acids is 1. The van der Waals surface area contributed by atoms with E-state index in [1.54, 1.807) is 0 Å². The number of halogens is 2. The van der Waals surface area contributed by atoms with Crippen molar-refractivity contribution < 1.29 is 9.53 Å². The molecule has 9 nitrogen and oxygen atoms in total. The molecule has 0 aliphatic carbocycles. The van der Waals surface area contributed by atoms with Crippen molar-refractivity contribution in [2.45, 2.75) is 13.1 Å². The molecule has 0 bridgehead atoms. The summed E-state index contributed by atoms with van der Waals surface area (Å²) in [6.45, 7) is 7.90. The van der Waals surface area contributed by atoms with Crippen LogP contribution in [0.2, 0.25) is 5.15 Å². The summed E-state index contributed by atoms with van der Waals surface area (Å²) in [6.07, 6.45) is 0. The van der Waals surface area contributed by atoms with E-state index < -0.39 is 5.91 Å². The Morgan fingerprint density at radius 2 is 1.68 bits per heavy atom. The van der Waals surface area contributed by atoms with E-state index in [9.17, 15) is 4.79 Å². The summed E-state index contributed by atoms with van der Waals surface area (Å²) in [5.74, 6) is -0.0768. The van der Waals surface area contributed by atoms with Gasteiger partial charge in [-0.3, -0.25) is 14.6 Å². The summed E-state index contributed by atoms with van der Waals surface area (Å²) in [6, 6.07) is 18.6. The molecular weight excluding hydrogens is 617 g/mol. The number of nitrogens with zero attached hydrogens (tertiary/aromatic N) is 4. The fraction of sp³-hybridized carbons (Fsp3) is 0.370. The maximum absolute atomic E-state index is 12.5. The van der Waals surface area contributed by atoms with Crippen molar-refractivity contribution in [1.29, 1.82) is 0 Å². The number of aromatic nitrogens is 2. The zero-order valence-corrected chi connectivity index (χ0v) is 24.1. The molecule has 1 fully saturated rings. The number of carbonyl (C=O) groups is 1. The molecule has 202 valence electrons. The third-order valence-corrected chi connectivity index (χ3v) is 7.25. The number of piperazine rings is 1. The maximum atomic E-state index is 12.5. The Hall–Kier alpha value is -2.51. The van der Waals surface area contributed by atoms with Gasteiger partial charge < -0.3 is 21.1 Å². The molecule has 0 unspecified atom stereocenters. The minimum Gasteiger partial charge on any atom is -0.382 e. The van der Waals surface area contributed by atoms with Gasteiger partial charge in [-0.15, -0.1) is 0 Å². The highest BCUT2D eigenvalue weighted by atomic mass is 127. The van der Waals surface area contributed by atoms with Crippen molar-refractivity contribution in [3.05, 3.63) is 80.1 Å². The van der Waals surface area contributed by atoms with Gasteiger partial charge >= 0.3 is 0 Å². The highest BCUT2D eigenvalue weighted by molar-refractivity contribution is 14.1. The molecule has 1 amide bonds. The summed E-state index contributed by atoms with van der Waals surface area (Å²) in [5, 5.41) is 5.98. The lowest BCUT2D eigenvalue weighted by molar-refractivity contribution is 0.0719. The Bertz CT molecular complexity index is 1180. The van der Waals surface area contributed by atoms with E-state index in [1.807, 2.05) is 24.3 Å². The minimum atomic E-state index is -0.431. The molecule has 0 saturated carbocycles. The number of nitrogen functional groups attached to an aromatic ring is 1. The molecule has 0 spiro atoms. The van der Waals surface area contributed by atoms with Crippen LogP contribution in [0.1, 0.15) is 21.6 Å². The van der Waals surface area contributed by atoms with Crippen molar-refractivity contribution in [3.8, 4) is 0 Å². The Balaban J connectivity index is 1.11. The van der Waals surface area contributed by atoms with Crippen LogP contribution in [0, 0.1) is 3.57 Å². The van der Waals surface area contributed by atoms with E-state index in [0.29, 0.717) is 32.1 Å². The van der Waals surface area contributed by atoms with Crippen molar-refractivity contribution in [1.82, 2.24) is 25.1 Å². The third kappa shape index (κ3) is 8.77. The average molecular weight is 650 g/mol. The highest BCUT2D eigenvalue weighted by Crippen LogP contribution is 2.21. The zero-order chi connectivity index (χ0) is 26.7. The molecule has 3 aromatic rings. The van der Waals surface area contributed by atoms with Gasteiger partial charge in [0.15, 0.2) is 22.5 Å². The second-order valence-corrected chi connectivity index (χ2v) is 10.7. The van der Waals surface area contributed by atoms with Crippen molar-refractivity contribution >= 4 is 51.7 Å². The second kappa shape index (κ2) is 14.6. The molecule has 1 aliphatic heterocycles. The molecule has 38 heavy (non-hydrogen) atoms. The number of hydrogen-bond acceptors (Lipinski definition) is 8. The van der Waals surface area contributed by atoms with Gasteiger partial charge in [0.05, 0.1) is 13.2 Å². The zero-order valence-electron chi connectivity index (χ0n) is 21.2. The van der Waals surface area contributed by atoms with Crippen LogP contribution in [0.25, 0.3) is 0 Å². The lowest BCUT2D eigenvalue weighted by atomic mass is 10.2. The molecule has 0 atom stereocenters. The first kappa shape index (κ1) is 28.5. The number of hydrogen-bond donors (Lipinski definition) is 3. The fourth-order valence-electron chi connectivity index (χ4n) is 4.12. The summed E-state index contributed by atoms with van der Waals surface area (Å²) < 4.78 is 6.88. The number of rotatable bonds is 12. The van der Waals surface area contributed by atoms with E-state index in [0.717, 1.165) is 48.4 Å². The number of anilines is 2. The predicted molar refractivity (Wildman–Crippen MR) is 159 cm³/mol. The quantitative estimate of drug-likeness (QED) is 0.202. The normalized spacial score (nSPS) is 14.4. The topological polar surface area (TPSA) is 109 Å². The molecule has 1 aromatic heterocycles. The number of benzene rings is 2. The van der Waals surface area contributed by atoms with Gasteiger partial charge in [-0.1, -0.05) is 54.1 Å². The number of nitrogens with two attached hydrogens (primary N) is 1. The van der Waals surface area contributed by atoms with Gasteiger partial charge in [0, 0.05) is 55.9 Å². The van der Waals surface area contributed by atoms with Crippen molar-refractivity contribution in [2.24, 2.45) is 0 Å². The smallest absolute Gasteiger partial charge is 0.273 e. The number of amides is 1.